The van der Waals surface area contributed by atoms with E-state index in [2.05, 4.69) is 0 Å². The highest BCUT2D eigenvalue weighted by Crippen LogP contribution is 2.43. The topological polar surface area (TPSA) is 26.3 Å². The fourth-order valence-corrected chi connectivity index (χ4v) is 3.10. The number of rotatable bonds is 3. The van der Waals surface area contributed by atoms with Crippen molar-refractivity contribution in [2.45, 2.75) is 43.9 Å². The Morgan fingerprint density at radius 3 is 2.36 bits per heavy atom. The molecule has 0 saturated heterocycles. The number of ether oxygens (including phenoxy) is 1. The molecule has 2 nitrogen and oxygen atoms in total. The van der Waals surface area contributed by atoms with Crippen LogP contribution >= 0.6 is 0 Å². The van der Waals surface area contributed by atoms with E-state index in [1.165, 1.54) is 30.3 Å². The maximum absolute atomic E-state index is 13.6. The Morgan fingerprint density at radius 1 is 1.08 bits per heavy atom. The standard InChI is InChI=1S/C18H15F5O2/c19-17(20)7-5-13(6-8-17)25-15-4-2-12-9-11(10-24)1-3-14(12)16(15)18(21,22)23/h1-4,9-10,13H,5-8H2. The first-order valence-electron chi connectivity index (χ1n) is 7.83. The molecule has 0 N–H and O–H groups in total. The summed E-state index contributed by atoms with van der Waals surface area (Å²) in [5.74, 6) is -3.14. The first-order chi connectivity index (χ1) is 11.7. The Kier molecular flexibility index (Phi) is 4.43. The number of hydrogen-bond acceptors (Lipinski definition) is 2. The predicted molar refractivity (Wildman–Crippen MR) is 82.2 cm³/mol. The molecule has 25 heavy (non-hydrogen) atoms. The van der Waals surface area contributed by atoms with Gasteiger partial charge < -0.3 is 4.74 Å². The monoisotopic (exact) mass is 358 g/mol. The molecule has 1 saturated carbocycles. The van der Waals surface area contributed by atoms with Crippen molar-refractivity contribution in [2.75, 3.05) is 0 Å². The van der Waals surface area contributed by atoms with E-state index in [1.54, 1.807) is 0 Å². The minimum atomic E-state index is -4.67. The van der Waals surface area contributed by atoms with Crippen LogP contribution in [0.25, 0.3) is 10.8 Å². The van der Waals surface area contributed by atoms with Crippen LogP contribution in [0.5, 0.6) is 5.75 Å². The Bertz CT molecular complexity index is 788. The van der Waals surface area contributed by atoms with E-state index in [0.29, 0.717) is 6.29 Å². The van der Waals surface area contributed by atoms with Crippen molar-refractivity contribution >= 4 is 17.1 Å². The molecule has 0 spiro atoms. The summed E-state index contributed by atoms with van der Waals surface area (Å²) in [7, 11) is 0. The van der Waals surface area contributed by atoms with Gasteiger partial charge in [-0.3, -0.25) is 4.79 Å². The lowest BCUT2D eigenvalue weighted by atomic mass is 9.94. The Balaban J connectivity index is 1.99. The second kappa shape index (κ2) is 6.28. The van der Waals surface area contributed by atoms with E-state index in [-0.39, 0.29) is 34.9 Å². The summed E-state index contributed by atoms with van der Waals surface area (Å²) in [5, 5.41) is 0.177. The molecule has 0 unspecified atom stereocenters. The largest absolute Gasteiger partial charge is 0.490 e. The molecule has 0 heterocycles. The molecule has 134 valence electrons. The third kappa shape index (κ3) is 3.75. The van der Waals surface area contributed by atoms with E-state index in [0.717, 1.165) is 0 Å². The molecule has 0 atom stereocenters. The Morgan fingerprint density at radius 2 is 1.76 bits per heavy atom. The van der Waals surface area contributed by atoms with Crippen molar-refractivity contribution < 1.29 is 31.5 Å². The van der Waals surface area contributed by atoms with Gasteiger partial charge in [-0.25, -0.2) is 8.78 Å². The van der Waals surface area contributed by atoms with Gasteiger partial charge in [-0.2, -0.15) is 13.2 Å². The van der Waals surface area contributed by atoms with Crippen LogP contribution in [-0.2, 0) is 6.18 Å². The number of aldehydes is 1. The SMILES string of the molecule is O=Cc1ccc2c(C(F)(F)F)c(OC3CCC(F)(F)CC3)ccc2c1. The first kappa shape index (κ1) is 17.6. The number of alkyl halides is 5. The maximum atomic E-state index is 13.6. The van der Waals surface area contributed by atoms with Crippen LogP contribution in [0, 0.1) is 0 Å². The average Bonchev–Trinajstić information content (AvgIpc) is 2.55. The molecular weight excluding hydrogens is 343 g/mol. The molecule has 0 aliphatic heterocycles. The summed E-state index contributed by atoms with van der Waals surface area (Å²) >= 11 is 0. The van der Waals surface area contributed by atoms with Crippen molar-refractivity contribution in [3.8, 4) is 5.75 Å². The molecule has 1 fully saturated rings. The summed E-state index contributed by atoms with van der Waals surface area (Å²) in [4.78, 5) is 10.8. The molecule has 2 aromatic rings. The molecule has 0 amide bonds. The van der Waals surface area contributed by atoms with Crippen molar-refractivity contribution in [3.05, 3.63) is 41.5 Å². The van der Waals surface area contributed by atoms with Crippen LogP contribution < -0.4 is 4.74 Å². The summed E-state index contributed by atoms with van der Waals surface area (Å²) in [5.41, 5.74) is -0.677. The van der Waals surface area contributed by atoms with Crippen molar-refractivity contribution in [3.63, 3.8) is 0 Å². The molecule has 1 aliphatic carbocycles. The molecule has 0 aromatic heterocycles. The second-order valence-electron chi connectivity index (χ2n) is 6.21. The zero-order valence-electron chi connectivity index (χ0n) is 13.1. The number of hydrogen-bond donors (Lipinski definition) is 0. The Hall–Kier alpha value is -2.18. The van der Waals surface area contributed by atoms with Gasteiger partial charge in [0.1, 0.15) is 17.6 Å². The maximum Gasteiger partial charge on any atom is 0.420 e. The third-order valence-corrected chi connectivity index (χ3v) is 4.38. The van der Waals surface area contributed by atoms with E-state index < -0.39 is 36.6 Å². The predicted octanol–water partition coefficient (Wildman–Crippen LogP) is 5.63. The van der Waals surface area contributed by atoms with Crippen LogP contribution in [0.4, 0.5) is 22.0 Å². The van der Waals surface area contributed by atoms with E-state index in [4.69, 9.17) is 4.74 Å². The summed E-state index contributed by atoms with van der Waals surface area (Å²) < 4.78 is 72.6. The molecule has 0 radical (unpaired) electrons. The van der Waals surface area contributed by atoms with Gasteiger partial charge in [0.2, 0.25) is 5.92 Å². The smallest absolute Gasteiger partial charge is 0.420 e. The molecule has 3 rings (SSSR count). The molecule has 0 bridgehead atoms. The van der Waals surface area contributed by atoms with Gasteiger partial charge in [-0.15, -0.1) is 0 Å². The zero-order chi connectivity index (χ0) is 18.2. The van der Waals surface area contributed by atoms with Gasteiger partial charge in [-0.1, -0.05) is 18.2 Å². The van der Waals surface area contributed by atoms with Crippen molar-refractivity contribution in [2.24, 2.45) is 0 Å². The lowest BCUT2D eigenvalue weighted by Gasteiger charge is -2.29. The lowest BCUT2D eigenvalue weighted by molar-refractivity contribution is -0.138. The highest BCUT2D eigenvalue weighted by Gasteiger charge is 2.39. The van der Waals surface area contributed by atoms with Gasteiger partial charge in [0.25, 0.3) is 0 Å². The van der Waals surface area contributed by atoms with Crippen molar-refractivity contribution in [1.29, 1.82) is 0 Å². The summed E-state index contributed by atoms with van der Waals surface area (Å²) in [6, 6.07) is 6.51. The number of carbonyl (C=O) groups excluding carboxylic acids is 1. The fourth-order valence-electron chi connectivity index (χ4n) is 3.10. The van der Waals surface area contributed by atoms with Crippen LogP contribution in [0.1, 0.15) is 41.6 Å². The highest BCUT2D eigenvalue weighted by atomic mass is 19.4. The van der Waals surface area contributed by atoms with Crippen LogP contribution in [0.2, 0.25) is 0 Å². The van der Waals surface area contributed by atoms with Gasteiger partial charge in [-0.05, 0) is 35.7 Å². The molecular formula is C18H15F5O2. The number of carbonyl (C=O) groups is 1. The lowest BCUT2D eigenvalue weighted by Crippen LogP contribution is -2.31. The number of fused-ring (bicyclic) bond motifs is 1. The Labute approximate surface area is 140 Å². The number of halogens is 5. The van der Waals surface area contributed by atoms with Crippen LogP contribution in [0.3, 0.4) is 0 Å². The molecule has 1 aliphatic rings. The van der Waals surface area contributed by atoms with E-state index >= 15 is 0 Å². The van der Waals surface area contributed by atoms with Gasteiger partial charge in [0.15, 0.2) is 0 Å². The van der Waals surface area contributed by atoms with E-state index in [1.807, 2.05) is 0 Å². The first-order valence-corrected chi connectivity index (χ1v) is 7.83. The van der Waals surface area contributed by atoms with Crippen LogP contribution in [0.15, 0.2) is 30.3 Å². The van der Waals surface area contributed by atoms with Gasteiger partial charge >= 0.3 is 6.18 Å². The average molecular weight is 358 g/mol. The highest BCUT2D eigenvalue weighted by molar-refractivity contribution is 5.92. The minimum Gasteiger partial charge on any atom is -0.490 e. The zero-order valence-corrected chi connectivity index (χ0v) is 13.1. The van der Waals surface area contributed by atoms with Crippen LogP contribution in [-0.4, -0.2) is 18.3 Å². The van der Waals surface area contributed by atoms with Gasteiger partial charge in [0.05, 0.1) is 6.10 Å². The van der Waals surface area contributed by atoms with Gasteiger partial charge in [0, 0.05) is 18.4 Å². The summed E-state index contributed by atoms with van der Waals surface area (Å²) in [6.07, 6.45) is -5.56. The van der Waals surface area contributed by atoms with E-state index in [9.17, 15) is 26.7 Å². The quantitative estimate of drug-likeness (QED) is 0.525. The molecule has 7 heteroatoms. The van der Waals surface area contributed by atoms with Crippen molar-refractivity contribution in [1.82, 2.24) is 0 Å². The fraction of sp³-hybridized carbons (Fsp3) is 0.389. The molecule has 2 aromatic carbocycles. The summed E-state index contributed by atoms with van der Waals surface area (Å²) in [6.45, 7) is 0. The second-order valence-corrected chi connectivity index (χ2v) is 6.21. The minimum absolute atomic E-state index is 0.00636. The third-order valence-electron chi connectivity index (χ3n) is 4.38. The normalized spacial score (nSPS) is 18.3. The number of benzene rings is 2.